The lowest BCUT2D eigenvalue weighted by Gasteiger charge is -2.35. The van der Waals surface area contributed by atoms with Crippen LogP contribution in [0.15, 0.2) is 35.2 Å². The van der Waals surface area contributed by atoms with E-state index in [4.69, 9.17) is 0 Å². The monoisotopic (exact) mass is 381 g/mol. The molecular weight excluding hydrogens is 350 g/mol. The van der Waals surface area contributed by atoms with Crippen LogP contribution in [0.25, 0.3) is 0 Å². The molecule has 1 atom stereocenters. The van der Waals surface area contributed by atoms with Crippen molar-refractivity contribution in [3.63, 3.8) is 0 Å². The Bertz CT molecular complexity index is 702. The zero-order valence-electron chi connectivity index (χ0n) is 16.2. The van der Waals surface area contributed by atoms with Crippen LogP contribution in [0.4, 0.5) is 0 Å². The number of nitrogens with zero attached hydrogens (tertiary/aromatic N) is 2. The van der Waals surface area contributed by atoms with Crippen molar-refractivity contribution in [3.05, 3.63) is 30.3 Å². The zero-order valence-corrected chi connectivity index (χ0v) is 17.1. The molecule has 146 valence electrons. The van der Waals surface area contributed by atoms with Gasteiger partial charge in [0.05, 0.1) is 4.90 Å². The smallest absolute Gasteiger partial charge is 0.243 e. The van der Waals surface area contributed by atoms with Crippen LogP contribution in [0.5, 0.6) is 0 Å². The molecule has 0 spiro atoms. The highest BCUT2D eigenvalue weighted by atomic mass is 32.2. The SMILES string of the molecule is CN(C)CC(C)(C)CNC(=O)C1CCCCN1S(=O)(=O)c1ccccc1. The van der Waals surface area contributed by atoms with Crippen molar-refractivity contribution < 1.29 is 13.2 Å². The van der Waals surface area contributed by atoms with E-state index < -0.39 is 16.1 Å². The van der Waals surface area contributed by atoms with E-state index in [1.54, 1.807) is 30.3 Å². The predicted molar refractivity (Wildman–Crippen MR) is 103 cm³/mol. The van der Waals surface area contributed by atoms with Gasteiger partial charge in [-0.25, -0.2) is 8.42 Å². The Labute approximate surface area is 157 Å². The second kappa shape index (κ2) is 8.50. The summed E-state index contributed by atoms with van der Waals surface area (Å²) in [4.78, 5) is 15.1. The van der Waals surface area contributed by atoms with E-state index in [0.29, 0.717) is 19.5 Å². The highest BCUT2D eigenvalue weighted by molar-refractivity contribution is 7.89. The maximum absolute atomic E-state index is 13.0. The summed E-state index contributed by atoms with van der Waals surface area (Å²) in [6, 6.07) is 7.72. The number of hydrogen-bond acceptors (Lipinski definition) is 4. The Morgan fingerprint density at radius 1 is 1.23 bits per heavy atom. The van der Waals surface area contributed by atoms with Crippen LogP contribution < -0.4 is 5.32 Å². The van der Waals surface area contributed by atoms with E-state index in [0.717, 1.165) is 19.4 Å². The lowest BCUT2D eigenvalue weighted by atomic mass is 9.92. The summed E-state index contributed by atoms with van der Waals surface area (Å²) in [7, 11) is 0.333. The number of piperidine rings is 1. The molecule has 1 amide bonds. The number of benzene rings is 1. The highest BCUT2D eigenvalue weighted by Crippen LogP contribution is 2.25. The fourth-order valence-electron chi connectivity index (χ4n) is 3.54. The van der Waals surface area contributed by atoms with Gasteiger partial charge >= 0.3 is 0 Å². The molecule has 6 nitrogen and oxygen atoms in total. The molecular formula is C19H31N3O3S. The summed E-state index contributed by atoms with van der Waals surface area (Å²) in [5.74, 6) is -0.198. The summed E-state index contributed by atoms with van der Waals surface area (Å²) in [6.07, 6.45) is 2.20. The lowest BCUT2D eigenvalue weighted by molar-refractivity contribution is -0.126. The van der Waals surface area contributed by atoms with Gasteiger partial charge in [-0.3, -0.25) is 4.79 Å². The van der Waals surface area contributed by atoms with E-state index in [1.807, 2.05) is 14.1 Å². The van der Waals surface area contributed by atoms with E-state index >= 15 is 0 Å². The molecule has 1 aromatic carbocycles. The predicted octanol–water partition coefficient (Wildman–Crippen LogP) is 1.93. The Hall–Kier alpha value is -1.44. The van der Waals surface area contributed by atoms with Gasteiger partial charge in [-0.05, 0) is 44.5 Å². The summed E-state index contributed by atoms with van der Waals surface area (Å²) >= 11 is 0. The fraction of sp³-hybridized carbons (Fsp3) is 0.632. The third-order valence-electron chi connectivity index (χ3n) is 4.59. The van der Waals surface area contributed by atoms with Crippen molar-refractivity contribution in [1.82, 2.24) is 14.5 Å². The number of carbonyl (C=O) groups excluding carboxylic acids is 1. The van der Waals surface area contributed by atoms with Crippen LogP contribution in [-0.2, 0) is 14.8 Å². The van der Waals surface area contributed by atoms with Gasteiger partial charge in [0.25, 0.3) is 0 Å². The fourth-order valence-corrected chi connectivity index (χ4v) is 5.22. The number of rotatable bonds is 7. The molecule has 7 heteroatoms. The quantitative estimate of drug-likeness (QED) is 0.784. The standard InChI is InChI=1S/C19H31N3O3S/c1-19(2,15-21(3)4)14-20-18(23)17-12-8-9-13-22(17)26(24,25)16-10-6-5-7-11-16/h5-7,10-11,17H,8-9,12-15H2,1-4H3,(H,20,23). The normalized spacial score (nSPS) is 19.5. The second-order valence-corrected chi connectivity index (χ2v) is 9.95. The molecule has 1 aromatic rings. The Kier molecular flexibility index (Phi) is 6.82. The molecule has 1 aliphatic rings. The zero-order chi connectivity index (χ0) is 19.4. The number of hydrogen-bond donors (Lipinski definition) is 1. The van der Waals surface area contributed by atoms with E-state index in [2.05, 4.69) is 24.1 Å². The molecule has 0 saturated carbocycles. The van der Waals surface area contributed by atoms with Crippen LogP contribution >= 0.6 is 0 Å². The first-order chi connectivity index (χ1) is 12.1. The van der Waals surface area contributed by atoms with E-state index in [9.17, 15) is 13.2 Å². The van der Waals surface area contributed by atoms with Gasteiger partial charge in [0, 0.05) is 19.6 Å². The maximum Gasteiger partial charge on any atom is 0.243 e. The summed E-state index contributed by atoms with van der Waals surface area (Å²) < 4.78 is 27.4. The van der Waals surface area contributed by atoms with Gasteiger partial charge in [-0.1, -0.05) is 38.5 Å². The number of nitrogens with one attached hydrogen (secondary N) is 1. The first kappa shape index (κ1) is 20.9. The first-order valence-electron chi connectivity index (χ1n) is 9.13. The molecule has 0 aromatic heterocycles. The largest absolute Gasteiger partial charge is 0.354 e. The highest BCUT2D eigenvalue weighted by Gasteiger charge is 2.37. The lowest BCUT2D eigenvalue weighted by Crippen LogP contribution is -2.53. The third kappa shape index (κ3) is 5.28. The van der Waals surface area contributed by atoms with E-state index in [-0.39, 0.29) is 16.2 Å². The van der Waals surface area contributed by atoms with Gasteiger partial charge < -0.3 is 10.2 Å². The third-order valence-corrected chi connectivity index (χ3v) is 6.51. The summed E-state index contributed by atoms with van der Waals surface area (Å²) in [5, 5.41) is 2.98. The Morgan fingerprint density at radius 2 is 1.88 bits per heavy atom. The first-order valence-corrected chi connectivity index (χ1v) is 10.6. The molecule has 0 radical (unpaired) electrons. The molecule has 0 aliphatic carbocycles. The second-order valence-electron chi connectivity index (χ2n) is 8.06. The Morgan fingerprint density at radius 3 is 2.50 bits per heavy atom. The summed E-state index contributed by atoms with van der Waals surface area (Å²) in [5.41, 5.74) is -0.0863. The van der Waals surface area contributed by atoms with Crippen molar-refractivity contribution in [1.29, 1.82) is 0 Å². The molecule has 1 unspecified atom stereocenters. The summed E-state index contributed by atoms with van der Waals surface area (Å²) in [6.45, 7) is 5.92. The molecule has 1 aliphatic heterocycles. The average molecular weight is 382 g/mol. The van der Waals surface area contributed by atoms with Gasteiger partial charge in [0.2, 0.25) is 15.9 Å². The molecule has 1 fully saturated rings. The van der Waals surface area contributed by atoms with Gasteiger partial charge in [0.15, 0.2) is 0 Å². The number of carbonyl (C=O) groups is 1. The molecule has 1 saturated heterocycles. The van der Waals surface area contributed by atoms with Crippen LogP contribution in [0.3, 0.4) is 0 Å². The molecule has 26 heavy (non-hydrogen) atoms. The van der Waals surface area contributed by atoms with Gasteiger partial charge in [-0.15, -0.1) is 0 Å². The average Bonchev–Trinajstić information content (AvgIpc) is 2.59. The Balaban J connectivity index is 2.12. The van der Waals surface area contributed by atoms with Crippen molar-refractivity contribution in [2.75, 3.05) is 33.7 Å². The minimum Gasteiger partial charge on any atom is -0.354 e. The van der Waals surface area contributed by atoms with Crippen LogP contribution in [-0.4, -0.2) is 63.3 Å². The van der Waals surface area contributed by atoms with Crippen LogP contribution in [0.2, 0.25) is 0 Å². The van der Waals surface area contributed by atoms with Gasteiger partial charge in [-0.2, -0.15) is 4.31 Å². The van der Waals surface area contributed by atoms with Crippen LogP contribution in [0, 0.1) is 5.41 Å². The minimum absolute atomic E-state index is 0.0863. The molecule has 2 rings (SSSR count). The minimum atomic E-state index is -3.66. The topological polar surface area (TPSA) is 69.7 Å². The molecule has 1 N–H and O–H groups in total. The van der Waals surface area contributed by atoms with Crippen LogP contribution in [0.1, 0.15) is 33.1 Å². The van der Waals surface area contributed by atoms with Gasteiger partial charge in [0.1, 0.15) is 6.04 Å². The van der Waals surface area contributed by atoms with Crippen molar-refractivity contribution >= 4 is 15.9 Å². The van der Waals surface area contributed by atoms with E-state index in [1.165, 1.54) is 4.31 Å². The number of sulfonamides is 1. The molecule has 0 bridgehead atoms. The number of amides is 1. The maximum atomic E-state index is 13.0. The van der Waals surface area contributed by atoms with Crippen molar-refractivity contribution in [2.45, 2.75) is 44.0 Å². The molecule has 1 heterocycles. The van der Waals surface area contributed by atoms with Crippen molar-refractivity contribution in [3.8, 4) is 0 Å². The van der Waals surface area contributed by atoms with Crippen molar-refractivity contribution in [2.24, 2.45) is 5.41 Å².